The third kappa shape index (κ3) is 6.11. The molecular formula is C26H30O13. The van der Waals surface area contributed by atoms with Crippen LogP contribution in [0.25, 0.3) is 0 Å². The predicted molar refractivity (Wildman–Crippen MR) is 128 cm³/mol. The van der Waals surface area contributed by atoms with Crippen molar-refractivity contribution in [2.75, 3.05) is 19.8 Å². The van der Waals surface area contributed by atoms with E-state index < -0.39 is 86.6 Å². The quantitative estimate of drug-likeness (QED) is 0.194. The first kappa shape index (κ1) is 29.0. The van der Waals surface area contributed by atoms with Gasteiger partial charge in [-0.25, -0.2) is 9.59 Å². The zero-order chi connectivity index (χ0) is 28.2. The van der Waals surface area contributed by atoms with Crippen molar-refractivity contribution >= 4 is 11.9 Å². The highest BCUT2D eigenvalue weighted by Crippen LogP contribution is 2.39. The zero-order valence-electron chi connectivity index (χ0n) is 20.6. The second-order valence-corrected chi connectivity index (χ2v) is 9.09. The minimum Gasteiger partial charge on any atom is -0.456 e. The lowest BCUT2D eigenvalue weighted by Gasteiger charge is -2.43. The molecule has 0 spiro atoms. The number of hydrogen-bond donors (Lipinski definition) is 6. The maximum atomic E-state index is 12.9. The Balaban J connectivity index is 1.67. The molecule has 0 bridgehead atoms. The lowest BCUT2D eigenvalue weighted by Crippen LogP contribution is -2.63. The van der Waals surface area contributed by atoms with Gasteiger partial charge in [-0.2, -0.15) is 0 Å². The lowest BCUT2D eigenvalue weighted by molar-refractivity contribution is -0.382. The molecule has 13 heteroatoms. The van der Waals surface area contributed by atoms with E-state index in [1.165, 1.54) is 24.3 Å². The molecule has 0 saturated carbocycles. The number of rotatable bonds is 9. The lowest BCUT2D eigenvalue weighted by atomic mass is 9.99. The van der Waals surface area contributed by atoms with Gasteiger partial charge >= 0.3 is 11.9 Å². The fourth-order valence-electron chi connectivity index (χ4n) is 4.34. The molecule has 212 valence electrons. The maximum absolute atomic E-state index is 12.9. The molecule has 2 aliphatic rings. The van der Waals surface area contributed by atoms with Gasteiger partial charge < -0.3 is 54.3 Å². The Morgan fingerprint density at radius 3 is 1.87 bits per heavy atom. The van der Waals surface area contributed by atoms with E-state index in [1.54, 1.807) is 36.4 Å². The first-order chi connectivity index (χ1) is 18.7. The Hall–Kier alpha value is -2.98. The van der Waals surface area contributed by atoms with E-state index in [0.717, 1.165) is 0 Å². The van der Waals surface area contributed by atoms with Gasteiger partial charge in [-0.15, -0.1) is 0 Å². The Morgan fingerprint density at radius 1 is 0.744 bits per heavy atom. The molecule has 2 aliphatic heterocycles. The predicted octanol–water partition coefficient (Wildman–Crippen LogP) is -1.67. The van der Waals surface area contributed by atoms with Crippen LogP contribution in [0.3, 0.4) is 0 Å². The standard InChI is InChI=1S/C26H30O13/c27-11-16-18(29)20(31)21(32)25(36-16)39-26(13-35-23(33)14-7-3-1-4-8-14)22(19(30)17(12-28)38-26)37-24(34)15-9-5-2-6-10-15/h1-10,16-22,25,27-32H,11-13H2/t16-,17-,18-,19-,20+,21-,22+,25-,26+/m1/s1. The highest BCUT2D eigenvalue weighted by molar-refractivity contribution is 5.90. The van der Waals surface area contributed by atoms with Gasteiger partial charge in [0.1, 0.15) is 43.2 Å². The second-order valence-electron chi connectivity index (χ2n) is 9.09. The Kier molecular flexibility index (Phi) is 9.27. The second kappa shape index (κ2) is 12.5. The van der Waals surface area contributed by atoms with Gasteiger partial charge in [-0.3, -0.25) is 0 Å². The van der Waals surface area contributed by atoms with Crippen LogP contribution in [-0.2, 0) is 23.7 Å². The molecule has 2 aromatic carbocycles. The Bertz CT molecular complexity index is 1100. The van der Waals surface area contributed by atoms with Gasteiger partial charge in [-0.1, -0.05) is 36.4 Å². The highest BCUT2D eigenvalue weighted by atomic mass is 16.8. The number of ether oxygens (including phenoxy) is 5. The summed E-state index contributed by atoms with van der Waals surface area (Å²) < 4.78 is 27.9. The van der Waals surface area contributed by atoms with E-state index in [2.05, 4.69) is 0 Å². The van der Waals surface area contributed by atoms with Crippen LogP contribution in [0.5, 0.6) is 0 Å². The maximum Gasteiger partial charge on any atom is 0.338 e. The monoisotopic (exact) mass is 550 g/mol. The van der Waals surface area contributed by atoms with Crippen LogP contribution in [-0.4, -0.2) is 117 Å². The first-order valence-electron chi connectivity index (χ1n) is 12.1. The van der Waals surface area contributed by atoms with Crippen LogP contribution in [0.2, 0.25) is 0 Å². The van der Waals surface area contributed by atoms with Crippen molar-refractivity contribution in [1.82, 2.24) is 0 Å². The van der Waals surface area contributed by atoms with Crippen LogP contribution >= 0.6 is 0 Å². The van der Waals surface area contributed by atoms with E-state index >= 15 is 0 Å². The summed E-state index contributed by atoms with van der Waals surface area (Å²) in [5, 5.41) is 61.2. The van der Waals surface area contributed by atoms with Crippen LogP contribution in [0, 0.1) is 0 Å². The van der Waals surface area contributed by atoms with E-state index in [-0.39, 0.29) is 11.1 Å². The largest absolute Gasteiger partial charge is 0.456 e. The first-order valence-corrected chi connectivity index (χ1v) is 12.1. The minimum atomic E-state index is -2.38. The van der Waals surface area contributed by atoms with Gasteiger partial charge in [0.2, 0.25) is 5.79 Å². The summed E-state index contributed by atoms with van der Waals surface area (Å²) in [5.74, 6) is -4.14. The van der Waals surface area contributed by atoms with Crippen LogP contribution < -0.4 is 0 Å². The smallest absolute Gasteiger partial charge is 0.338 e. The van der Waals surface area contributed by atoms with Crippen molar-refractivity contribution in [2.45, 2.75) is 54.8 Å². The molecular weight excluding hydrogens is 520 g/mol. The molecule has 4 rings (SSSR count). The third-order valence-corrected chi connectivity index (χ3v) is 6.48. The molecule has 0 amide bonds. The van der Waals surface area contributed by atoms with Crippen molar-refractivity contribution < 1.29 is 63.9 Å². The summed E-state index contributed by atoms with van der Waals surface area (Å²) >= 11 is 0. The van der Waals surface area contributed by atoms with Crippen molar-refractivity contribution in [3.05, 3.63) is 71.8 Å². The van der Waals surface area contributed by atoms with Gasteiger partial charge in [-0.05, 0) is 24.3 Å². The van der Waals surface area contributed by atoms with Crippen molar-refractivity contribution in [2.24, 2.45) is 0 Å². The van der Waals surface area contributed by atoms with Crippen molar-refractivity contribution in [3.63, 3.8) is 0 Å². The number of benzene rings is 2. The summed E-state index contributed by atoms with van der Waals surface area (Å²) in [6.07, 6.45) is -13.5. The van der Waals surface area contributed by atoms with E-state index in [4.69, 9.17) is 23.7 Å². The number of carbonyl (C=O) groups is 2. The molecule has 2 aromatic rings. The van der Waals surface area contributed by atoms with E-state index in [9.17, 15) is 40.2 Å². The molecule has 0 aromatic heterocycles. The van der Waals surface area contributed by atoms with Gasteiger partial charge in [0.15, 0.2) is 12.4 Å². The molecule has 0 unspecified atom stereocenters. The summed E-state index contributed by atoms with van der Waals surface area (Å²) in [4.78, 5) is 25.7. The van der Waals surface area contributed by atoms with Gasteiger partial charge in [0.05, 0.1) is 24.3 Å². The van der Waals surface area contributed by atoms with E-state index in [0.29, 0.717) is 0 Å². The van der Waals surface area contributed by atoms with Crippen molar-refractivity contribution in [1.29, 1.82) is 0 Å². The molecule has 2 saturated heterocycles. The third-order valence-electron chi connectivity index (χ3n) is 6.48. The number of aliphatic hydroxyl groups is 6. The van der Waals surface area contributed by atoms with Crippen LogP contribution in [0.4, 0.5) is 0 Å². The Labute approximate surface area is 222 Å². The van der Waals surface area contributed by atoms with Crippen molar-refractivity contribution in [3.8, 4) is 0 Å². The molecule has 0 aliphatic carbocycles. The highest BCUT2D eigenvalue weighted by Gasteiger charge is 2.62. The molecule has 2 heterocycles. The topological polar surface area (TPSA) is 202 Å². The normalized spacial score (nSPS) is 34.4. The average Bonchev–Trinajstić information content (AvgIpc) is 3.23. The van der Waals surface area contributed by atoms with Gasteiger partial charge in [0.25, 0.3) is 0 Å². The molecule has 39 heavy (non-hydrogen) atoms. The summed E-state index contributed by atoms with van der Waals surface area (Å²) in [6, 6.07) is 15.5. The molecule has 6 N–H and O–H groups in total. The Morgan fingerprint density at radius 2 is 1.31 bits per heavy atom. The zero-order valence-corrected chi connectivity index (χ0v) is 20.6. The summed E-state index contributed by atoms with van der Waals surface area (Å²) in [5.41, 5.74) is 0.246. The minimum absolute atomic E-state index is 0.0974. The molecule has 0 radical (unpaired) electrons. The van der Waals surface area contributed by atoms with Gasteiger partial charge in [0, 0.05) is 0 Å². The SMILES string of the molecule is O=C(OC[C@@]1(O[C@H]2O[C@H](CO)[C@@H](O)[C@H](O)[C@H]2O)O[C@H](CO)[C@@H](O)[C@@H]1OC(=O)c1ccccc1)c1ccccc1. The number of hydrogen-bond acceptors (Lipinski definition) is 13. The van der Waals surface area contributed by atoms with E-state index in [1.807, 2.05) is 0 Å². The number of carbonyl (C=O) groups excluding carboxylic acids is 2. The summed E-state index contributed by atoms with van der Waals surface area (Å²) in [7, 11) is 0. The molecule has 13 nitrogen and oxygen atoms in total. The fraction of sp³-hybridized carbons (Fsp3) is 0.462. The summed E-state index contributed by atoms with van der Waals surface area (Å²) in [6.45, 7) is -2.38. The average molecular weight is 551 g/mol. The molecule has 9 atom stereocenters. The molecule has 2 fully saturated rings. The number of esters is 2. The number of aliphatic hydroxyl groups excluding tert-OH is 6. The van der Waals surface area contributed by atoms with Crippen LogP contribution in [0.15, 0.2) is 60.7 Å². The van der Waals surface area contributed by atoms with Crippen LogP contribution in [0.1, 0.15) is 20.7 Å². The fourth-order valence-corrected chi connectivity index (χ4v) is 4.34.